The number of carbonyl (C=O) groups excluding carboxylic acids is 1. The Bertz CT molecular complexity index is 586. The van der Waals surface area contributed by atoms with Gasteiger partial charge in [-0.15, -0.1) is 0 Å². The van der Waals surface area contributed by atoms with Crippen LogP contribution in [0.4, 0.5) is 0 Å². The van der Waals surface area contributed by atoms with E-state index in [4.69, 9.17) is 23.2 Å². The largest absolute Gasteiger partial charge is 0.293 e. The molecule has 2 aromatic rings. The molecule has 94 valence electrons. The van der Waals surface area contributed by atoms with Crippen LogP contribution in [0.2, 0.25) is 10.0 Å². The monoisotopic (exact) mass is 318 g/mol. The van der Waals surface area contributed by atoms with Crippen LogP contribution in [0.5, 0.6) is 0 Å². The van der Waals surface area contributed by atoms with Gasteiger partial charge in [0, 0.05) is 10.6 Å². The molecule has 1 heterocycles. The molecule has 0 aliphatic heterocycles. The number of benzene rings is 1. The number of thioether (sulfide) groups is 1. The van der Waals surface area contributed by atoms with Gasteiger partial charge >= 0.3 is 0 Å². The average molecular weight is 319 g/mol. The molecule has 0 saturated heterocycles. The van der Waals surface area contributed by atoms with Crippen LogP contribution < -0.4 is 0 Å². The molecule has 18 heavy (non-hydrogen) atoms. The fraction of sp³-hybridized carbons (Fsp3) is 0.182. The highest BCUT2D eigenvalue weighted by Crippen LogP contribution is 2.25. The van der Waals surface area contributed by atoms with E-state index in [1.165, 1.54) is 23.3 Å². The van der Waals surface area contributed by atoms with E-state index in [1.807, 2.05) is 6.92 Å². The van der Waals surface area contributed by atoms with E-state index in [9.17, 15) is 4.79 Å². The number of halogens is 2. The Morgan fingerprint density at radius 1 is 1.44 bits per heavy atom. The van der Waals surface area contributed by atoms with Crippen molar-refractivity contribution in [2.45, 2.75) is 11.3 Å². The molecular formula is C11H8Cl2N2OS2. The second-order valence-corrected chi connectivity index (χ2v) is 6.26. The molecule has 0 aliphatic carbocycles. The standard InChI is InChI=1S/C11H8Cl2N2OS2/c1-6-14-11(18-15-6)17-5-10(16)8-4-7(12)2-3-9(8)13/h2-4H,5H2,1H3. The van der Waals surface area contributed by atoms with Gasteiger partial charge in [0.1, 0.15) is 5.82 Å². The molecule has 0 unspecified atom stereocenters. The summed E-state index contributed by atoms with van der Waals surface area (Å²) in [7, 11) is 0. The Balaban J connectivity index is 2.05. The molecule has 0 aliphatic rings. The summed E-state index contributed by atoms with van der Waals surface area (Å²) in [6.45, 7) is 1.82. The van der Waals surface area contributed by atoms with Crippen LogP contribution in [0, 0.1) is 6.92 Å². The zero-order chi connectivity index (χ0) is 13.1. The molecule has 7 heteroatoms. The first kappa shape index (κ1) is 13.8. The van der Waals surface area contributed by atoms with Crippen LogP contribution in [0.25, 0.3) is 0 Å². The average Bonchev–Trinajstić information content (AvgIpc) is 2.75. The van der Waals surface area contributed by atoms with Crippen LogP contribution in [0.15, 0.2) is 22.5 Å². The summed E-state index contributed by atoms with van der Waals surface area (Å²) in [5.74, 6) is 0.922. The first-order valence-electron chi connectivity index (χ1n) is 4.97. The molecule has 0 saturated carbocycles. The number of hydrogen-bond acceptors (Lipinski definition) is 5. The molecule has 0 fully saturated rings. The van der Waals surface area contributed by atoms with Gasteiger partial charge < -0.3 is 0 Å². The molecule has 3 nitrogen and oxygen atoms in total. The van der Waals surface area contributed by atoms with E-state index in [2.05, 4.69) is 9.36 Å². The van der Waals surface area contributed by atoms with Gasteiger partial charge in [-0.1, -0.05) is 35.0 Å². The summed E-state index contributed by atoms with van der Waals surface area (Å²) in [6.07, 6.45) is 0. The number of nitrogens with zero attached hydrogens (tertiary/aromatic N) is 2. The van der Waals surface area contributed by atoms with Crippen molar-refractivity contribution in [2.24, 2.45) is 0 Å². The van der Waals surface area contributed by atoms with Crippen LogP contribution in [0.3, 0.4) is 0 Å². The Morgan fingerprint density at radius 3 is 2.89 bits per heavy atom. The molecule has 1 aromatic carbocycles. The van der Waals surface area contributed by atoms with Crippen LogP contribution in [-0.2, 0) is 0 Å². The van der Waals surface area contributed by atoms with Gasteiger partial charge in [-0.2, -0.15) is 4.37 Å². The minimum Gasteiger partial charge on any atom is -0.293 e. The van der Waals surface area contributed by atoms with E-state index in [0.29, 0.717) is 15.6 Å². The fourth-order valence-corrected chi connectivity index (χ4v) is 3.18. The summed E-state index contributed by atoms with van der Waals surface area (Å²) in [5, 5.41) is 0.915. The lowest BCUT2D eigenvalue weighted by Crippen LogP contribution is -2.03. The second-order valence-electron chi connectivity index (χ2n) is 3.44. The topological polar surface area (TPSA) is 42.9 Å². The van der Waals surface area contributed by atoms with Crippen LogP contribution in [-0.4, -0.2) is 20.9 Å². The third-order valence-electron chi connectivity index (χ3n) is 2.06. The Kier molecular flexibility index (Phi) is 4.61. The van der Waals surface area contributed by atoms with Crippen molar-refractivity contribution in [3.63, 3.8) is 0 Å². The van der Waals surface area contributed by atoms with E-state index >= 15 is 0 Å². The van der Waals surface area contributed by atoms with Crippen molar-refractivity contribution in [1.29, 1.82) is 0 Å². The summed E-state index contributed by atoms with van der Waals surface area (Å²) in [6, 6.07) is 4.86. The van der Waals surface area contributed by atoms with Crippen molar-refractivity contribution in [3.05, 3.63) is 39.6 Å². The van der Waals surface area contributed by atoms with E-state index < -0.39 is 0 Å². The van der Waals surface area contributed by atoms with Gasteiger partial charge in [0.05, 0.1) is 10.8 Å². The van der Waals surface area contributed by atoms with Crippen LogP contribution in [0.1, 0.15) is 16.2 Å². The fourth-order valence-electron chi connectivity index (χ4n) is 1.25. The van der Waals surface area contributed by atoms with Crippen LogP contribution >= 0.6 is 46.5 Å². The lowest BCUT2D eigenvalue weighted by Gasteiger charge is -2.02. The summed E-state index contributed by atoms with van der Waals surface area (Å²) >= 11 is 14.4. The van der Waals surface area contributed by atoms with Crippen molar-refractivity contribution in [2.75, 3.05) is 5.75 Å². The number of aromatic nitrogens is 2. The van der Waals surface area contributed by atoms with E-state index in [0.717, 1.165) is 10.2 Å². The Morgan fingerprint density at radius 2 is 2.22 bits per heavy atom. The predicted octanol–water partition coefficient (Wildman–Crippen LogP) is 4.13. The molecule has 0 N–H and O–H groups in total. The molecule has 0 atom stereocenters. The summed E-state index contributed by atoms with van der Waals surface area (Å²) < 4.78 is 4.83. The lowest BCUT2D eigenvalue weighted by molar-refractivity contribution is 0.102. The minimum absolute atomic E-state index is 0.0691. The van der Waals surface area contributed by atoms with Gasteiger partial charge in [-0.25, -0.2) is 4.98 Å². The van der Waals surface area contributed by atoms with Crippen molar-refractivity contribution in [1.82, 2.24) is 9.36 Å². The van der Waals surface area contributed by atoms with Gasteiger partial charge in [0.25, 0.3) is 0 Å². The van der Waals surface area contributed by atoms with Gasteiger partial charge in [-0.05, 0) is 36.7 Å². The third-order valence-corrected chi connectivity index (χ3v) is 4.55. The van der Waals surface area contributed by atoms with Crippen molar-refractivity contribution >= 4 is 52.3 Å². The number of ketones is 1. The zero-order valence-corrected chi connectivity index (χ0v) is 12.5. The summed E-state index contributed by atoms with van der Waals surface area (Å²) in [4.78, 5) is 16.2. The lowest BCUT2D eigenvalue weighted by atomic mass is 10.1. The number of carbonyl (C=O) groups is 1. The van der Waals surface area contributed by atoms with Gasteiger partial charge in [0.2, 0.25) is 0 Å². The minimum atomic E-state index is -0.0691. The van der Waals surface area contributed by atoms with Crippen molar-refractivity contribution in [3.8, 4) is 0 Å². The normalized spacial score (nSPS) is 10.6. The maximum Gasteiger partial charge on any atom is 0.174 e. The summed E-state index contributed by atoms with van der Waals surface area (Å²) in [5.41, 5.74) is 0.443. The molecule has 0 spiro atoms. The number of rotatable bonds is 4. The van der Waals surface area contributed by atoms with Gasteiger partial charge in [0.15, 0.2) is 10.1 Å². The number of Topliss-reactive ketones (excluding diaryl/α,β-unsaturated/α-hetero) is 1. The number of hydrogen-bond donors (Lipinski definition) is 0. The van der Waals surface area contributed by atoms with Crippen molar-refractivity contribution < 1.29 is 4.79 Å². The molecule has 1 aromatic heterocycles. The van der Waals surface area contributed by atoms with E-state index in [1.54, 1.807) is 18.2 Å². The SMILES string of the molecule is Cc1nsc(SCC(=O)c2cc(Cl)ccc2Cl)n1. The predicted molar refractivity (Wildman–Crippen MR) is 76.2 cm³/mol. The maximum atomic E-state index is 12.0. The molecule has 2 rings (SSSR count). The number of aryl methyl sites for hydroxylation is 1. The highest BCUT2D eigenvalue weighted by atomic mass is 35.5. The molecular weight excluding hydrogens is 311 g/mol. The highest BCUT2D eigenvalue weighted by Gasteiger charge is 2.12. The molecule has 0 amide bonds. The molecule has 0 bridgehead atoms. The Hall–Kier alpha value is -0.620. The van der Waals surface area contributed by atoms with Gasteiger partial charge in [-0.3, -0.25) is 4.79 Å². The zero-order valence-electron chi connectivity index (χ0n) is 9.31. The van der Waals surface area contributed by atoms with E-state index in [-0.39, 0.29) is 11.5 Å². The first-order valence-corrected chi connectivity index (χ1v) is 7.49. The maximum absolute atomic E-state index is 12.0. The second kappa shape index (κ2) is 6.02. The third kappa shape index (κ3) is 3.45. The molecule has 0 radical (unpaired) electrons. The Labute approximate surface area is 123 Å². The smallest absolute Gasteiger partial charge is 0.174 e. The highest BCUT2D eigenvalue weighted by molar-refractivity contribution is 8.01. The quantitative estimate of drug-likeness (QED) is 0.628. The first-order chi connectivity index (χ1) is 8.56.